The summed E-state index contributed by atoms with van der Waals surface area (Å²) in [6.45, 7) is 0. The Hall–Kier alpha value is 0.200. The summed E-state index contributed by atoms with van der Waals surface area (Å²) in [5.41, 5.74) is 0. The van der Waals surface area contributed by atoms with E-state index < -0.39 is 9.24 Å². The van der Waals surface area contributed by atoms with Gasteiger partial charge >= 0.3 is 0 Å². The number of hydrogen-bond donors (Lipinski definition) is 1. The van der Waals surface area contributed by atoms with E-state index in [1.54, 1.807) is 0 Å². The van der Waals surface area contributed by atoms with Crippen molar-refractivity contribution in [3.8, 4) is 0 Å². The molecular formula is C3H8ClNO2S. The molecule has 0 aliphatic heterocycles. The van der Waals surface area contributed by atoms with E-state index in [2.05, 4.69) is 15.8 Å². The molecule has 0 spiro atoms. The van der Waals surface area contributed by atoms with Gasteiger partial charge in [-0.25, -0.2) is 5.14 Å². The van der Waals surface area contributed by atoms with Crippen molar-refractivity contribution < 1.29 is 8.42 Å². The van der Waals surface area contributed by atoms with Crippen molar-refractivity contribution in [2.45, 2.75) is 19.3 Å². The molecule has 1 fully saturated rings. The van der Waals surface area contributed by atoms with Gasteiger partial charge in [-0.15, -0.1) is 0 Å². The lowest BCUT2D eigenvalue weighted by atomic mass is 11.0. The summed E-state index contributed by atoms with van der Waals surface area (Å²) in [6, 6.07) is 0. The molecule has 0 amide bonds. The Bertz CT molecular complexity index is 129. The van der Waals surface area contributed by atoms with Crippen LogP contribution < -0.4 is 5.14 Å². The molecule has 0 heterocycles. The number of rotatable bonds is 0. The number of nitrogens with two attached hydrogens (primary N) is 1. The second-order valence-electron chi connectivity index (χ2n) is 1.54. The van der Waals surface area contributed by atoms with Gasteiger partial charge in [-0.1, -0.05) is 19.3 Å². The quantitative estimate of drug-likeness (QED) is 0.524. The van der Waals surface area contributed by atoms with Gasteiger partial charge in [0.15, 0.2) is 0 Å². The summed E-state index contributed by atoms with van der Waals surface area (Å²) in [5, 5.41) is 4.09. The van der Waals surface area contributed by atoms with E-state index in [0.29, 0.717) is 0 Å². The first-order chi connectivity index (χ1) is 3.50. The minimum absolute atomic E-state index is 1.50. The third-order valence-electron chi connectivity index (χ3n) is 0.354. The Balaban J connectivity index is 0.000000135. The van der Waals surface area contributed by atoms with E-state index in [9.17, 15) is 8.42 Å². The summed E-state index contributed by atoms with van der Waals surface area (Å²) < 4.78 is 18.4. The maximum atomic E-state index is 9.18. The molecule has 1 aliphatic rings. The number of hydrogen-bond acceptors (Lipinski definition) is 2. The monoisotopic (exact) mass is 157 g/mol. The van der Waals surface area contributed by atoms with Gasteiger partial charge in [-0.05, 0) is 0 Å². The topological polar surface area (TPSA) is 60.2 Å². The molecular weight excluding hydrogens is 150 g/mol. The molecule has 0 radical (unpaired) electrons. The maximum absolute atomic E-state index is 9.18. The van der Waals surface area contributed by atoms with Crippen molar-refractivity contribution in [2.24, 2.45) is 5.14 Å². The maximum Gasteiger partial charge on any atom is 0.294 e. The summed E-state index contributed by atoms with van der Waals surface area (Å²) in [6.07, 6.45) is 4.50. The molecule has 2 N–H and O–H groups in total. The molecule has 8 heavy (non-hydrogen) atoms. The average molecular weight is 158 g/mol. The third kappa shape index (κ3) is 116. The summed E-state index contributed by atoms with van der Waals surface area (Å²) in [5.74, 6) is 0. The van der Waals surface area contributed by atoms with Crippen LogP contribution in [-0.4, -0.2) is 8.42 Å². The highest BCUT2D eigenvalue weighted by Crippen LogP contribution is 2.14. The molecule has 0 aromatic rings. The molecule has 1 saturated carbocycles. The van der Waals surface area contributed by atoms with E-state index in [1.165, 1.54) is 19.3 Å². The first-order valence-electron chi connectivity index (χ1n) is 2.22. The van der Waals surface area contributed by atoms with Gasteiger partial charge in [0, 0.05) is 10.7 Å². The highest BCUT2D eigenvalue weighted by atomic mass is 35.7. The fourth-order valence-corrected chi connectivity index (χ4v) is 0. The molecule has 0 aromatic heterocycles. The SMILES string of the molecule is C1CC1.NS(=O)(=O)Cl. The van der Waals surface area contributed by atoms with E-state index in [4.69, 9.17) is 0 Å². The Morgan fingerprint density at radius 1 is 1.25 bits per heavy atom. The number of halogens is 1. The van der Waals surface area contributed by atoms with Crippen LogP contribution in [0.4, 0.5) is 0 Å². The van der Waals surface area contributed by atoms with Gasteiger partial charge in [0.25, 0.3) is 9.24 Å². The van der Waals surface area contributed by atoms with Gasteiger partial charge in [0.1, 0.15) is 0 Å². The first-order valence-corrected chi connectivity index (χ1v) is 4.60. The van der Waals surface area contributed by atoms with Crippen molar-refractivity contribution in [2.75, 3.05) is 0 Å². The Morgan fingerprint density at radius 2 is 1.38 bits per heavy atom. The van der Waals surface area contributed by atoms with Crippen LogP contribution in [0.2, 0.25) is 0 Å². The highest BCUT2D eigenvalue weighted by Gasteiger charge is 1.95. The first kappa shape index (κ1) is 8.20. The molecule has 50 valence electrons. The second kappa shape index (κ2) is 3.27. The van der Waals surface area contributed by atoms with Crippen LogP contribution in [0, 0.1) is 0 Å². The van der Waals surface area contributed by atoms with Crippen LogP contribution in [0.15, 0.2) is 0 Å². The largest absolute Gasteiger partial charge is 0.294 e. The fraction of sp³-hybridized carbons (Fsp3) is 1.00. The minimum atomic E-state index is -3.69. The van der Waals surface area contributed by atoms with Gasteiger partial charge in [0.2, 0.25) is 0 Å². The minimum Gasteiger partial charge on any atom is -0.215 e. The lowest BCUT2D eigenvalue weighted by Crippen LogP contribution is -2.00. The van der Waals surface area contributed by atoms with Gasteiger partial charge in [-0.2, -0.15) is 8.42 Å². The van der Waals surface area contributed by atoms with Crippen LogP contribution in [0.25, 0.3) is 0 Å². The van der Waals surface area contributed by atoms with Crippen LogP contribution in [0.1, 0.15) is 19.3 Å². The zero-order chi connectivity index (χ0) is 6.62. The standard InChI is InChI=1S/C3H6.ClH2NO2S/c1-2-3-1;1-5(2,3)4/h1-3H2;(H2,2,3,4). The molecule has 0 saturated heterocycles. The third-order valence-corrected chi connectivity index (χ3v) is 0.354. The average Bonchev–Trinajstić information content (AvgIpc) is 1.95. The lowest BCUT2D eigenvalue weighted by molar-refractivity contribution is 0.611. The Kier molecular flexibility index (Phi) is 3.35. The molecule has 0 atom stereocenters. The van der Waals surface area contributed by atoms with Crippen LogP contribution in [0.3, 0.4) is 0 Å². The Labute approximate surface area is 53.4 Å². The van der Waals surface area contributed by atoms with Crippen molar-refractivity contribution in [3.05, 3.63) is 0 Å². The zero-order valence-corrected chi connectivity index (χ0v) is 5.87. The predicted octanol–water partition coefficient (Wildman–Crippen LogP) is 0.599. The van der Waals surface area contributed by atoms with E-state index in [-0.39, 0.29) is 0 Å². The molecule has 0 unspecified atom stereocenters. The molecule has 1 aliphatic carbocycles. The summed E-state index contributed by atoms with van der Waals surface area (Å²) >= 11 is 0. The van der Waals surface area contributed by atoms with Crippen LogP contribution in [-0.2, 0) is 9.24 Å². The predicted molar refractivity (Wildman–Crippen MR) is 32.8 cm³/mol. The van der Waals surface area contributed by atoms with Gasteiger partial charge in [0.05, 0.1) is 0 Å². The summed E-state index contributed by atoms with van der Waals surface area (Å²) in [7, 11) is 0.586. The molecule has 3 nitrogen and oxygen atoms in total. The van der Waals surface area contributed by atoms with Crippen molar-refractivity contribution in [1.29, 1.82) is 0 Å². The Morgan fingerprint density at radius 3 is 1.38 bits per heavy atom. The normalized spacial score (nSPS) is 16.2. The molecule has 1 rings (SSSR count). The van der Waals surface area contributed by atoms with E-state index >= 15 is 0 Å². The van der Waals surface area contributed by atoms with Crippen molar-refractivity contribution in [3.63, 3.8) is 0 Å². The van der Waals surface area contributed by atoms with Crippen molar-refractivity contribution >= 4 is 19.9 Å². The zero-order valence-electron chi connectivity index (χ0n) is 4.30. The van der Waals surface area contributed by atoms with E-state index in [1.807, 2.05) is 0 Å². The molecule has 0 bridgehead atoms. The smallest absolute Gasteiger partial charge is 0.215 e. The van der Waals surface area contributed by atoms with Crippen LogP contribution in [0.5, 0.6) is 0 Å². The highest BCUT2D eigenvalue weighted by molar-refractivity contribution is 8.11. The van der Waals surface area contributed by atoms with Crippen molar-refractivity contribution in [1.82, 2.24) is 0 Å². The van der Waals surface area contributed by atoms with Crippen LogP contribution >= 0.6 is 10.7 Å². The van der Waals surface area contributed by atoms with E-state index in [0.717, 1.165) is 0 Å². The van der Waals surface area contributed by atoms with Gasteiger partial charge < -0.3 is 0 Å². The molecule has 5 heteroatoms. The second-order valence-corrected chi connectivity index (χ2v) is 3.78. The van der Waals surface area contributed by atoms with Gasteiger partial charge in [-0.3, -0.25) is 0 Å². The summed E-state index contributed by atoms with van der Waals surface area (Å²) in [4.78, 5) is 0. The fourth-order valence-electron chi connectivity index (χ4n) is 0. The molecule has 0 aromatic carbocycles. The lowest BCUT2D eigenvalue weighted by Gasteiger charge is -1.66.